The molecule has 0 spiro atoms. The van der Waals surface area contributed by atoms with Crippen molar-refractivity contribution in [1.29, 1.82) is 0 Å². The minimum atomic E-state index is -4.23. The maximum Gasteiger partial charge on any atom is 0.264 e. The summed E-state index contributed by atoms with van der Waals surface area (Å²) in [5.74, 6) is -1.87. The minimum absolute atomic E-state index is 0.0304. The molecule has 0 heterocycles. The van der Waals surface area contributed by atoms with E-state index in [1.807, 2.05) is 0 Å². The maximum absolute atomic E-state index is 14.2. The molecule has 0 radical (unpaired) electrons. The molecule has 146 valence electrons. The zero-order valence-corrected chi connectivity index (χ0v) is 15.6. The average Bonchev–Trinajstić information content (AvgIpc) is 2.67. The van der Waals surface area contributed by atoms with Crippen molar-refractivity contribution in [1.82, 2.24) is 0 Å². The quantitative estimate of drug-likeness (QED) is 0.604. The summed E-state index contributed by atoms with van der Waals surface area (Å²) in [4.78, 5) is -0.286. The van der Waals surface area contributed by atoms with Gasteiger partial charge in [0.1, 0.15) is 23.2 Å². The summed E-state index contributed by atoms with van der Waals surface area (Å²) in [5, 5.41) is 0. The van der Waals surface area contributed by atoms with Crippen molar-refractivity contribution in [2.24, 2.45) is 0 Å². The first-order valence-electron chi connectivity index (χ1n) is 8.17. The third kappa shape index (κ3) is 4.12. The van der Waals surface area contributed by atoms with Crippen LogP contribution in [0, 0.1) is 17.5 Å². The highest BCUT2D eigenvalue weighted by atomic mass is 32.2. The number of halogens is 3. The number of hydrogen-bond acceptors (Lipinski definition) is 3. The van der Waals surface area contributed by atoms with Gasteiger partial charge >= 0.3 is 0 Å². The van der Waals surface area contributed by atoms with E-state index in [2.05, 4.69) is 0 Å². The summed E-state index contributed by atoms with van der Waals surface area (Å²) < 4.78 is 73.3. The highest BCUT2D eigenvalue weighted by Crippen LogP contribution is 2.28. The number of benzene rings is 3. The Hall–Kier alpha value is -3.00. The van der Waals surface area contributed by atoms with Gasteiger partial charge in [-0.15, -0.1) is 0 Å². The molecular weight excluding hydrogens is 391 g/mol. The standard InChI is InChI=1S/C20H16F3NO3S/c1-27-18-9-7-17(8-10-18)24(13-14-5-6-16(22)12-20(14)23)28(25,26)19-4-2-3-15(21)11-19/h2-12H,13H2,1H3. The fourth-order valence-corrected chi connectivity index (χ4v) is 4.10. The minimum Gasteiger partial charge on any atom is -0.497 e. The Morgan fingerprint density at radius 2 is 1.57 bits per heavy atom. The van der Waals surface area contributed by atoms with Crippen LogP contribution in [0.1, 0.15) is 5.56 Å². The second-order valence-electron chi connectivity index (χ2n) is 5.90. The van der Waals surface area contributed by atoms with Crippen LogP contribution >= 0.6 is 0 Å². The van der Waals surface area contributed by atoms with Gasteiger partial charge in [0.05, 0.1) is 24.2 Å². The van der Waals surface area contributed by atoms with Crippen molar-refractivity contribution in [3.05, 3.63) is 89.7 Å². The molecule has 0 N–H and O–H groups in total. The lowest BCUT2D eigenvalue weighted by Crippen LogP contribution is -2.31. The van der Waals surface area contributed by atoms with E-state index in [-0.39, 0.29) is 16.1 Å². The Morgan fingerprint density at radius 3 is 2.18 bits per heavy atom. The van der Waals surface area contributed by atoms with Crippen molar-refractivity contribution in [2.45, 2.75) is 11.4 Å². The van der Waals surface area contributed by atoms with Gasteiger partial charge in [-0.25, -0.2) is 21.6 Å². The summed E-state index contributed by atoms with van der Waals surface area (Å²) >= 11 is 0. The Labute approximate surface area is 160 Å². The Bertz CT molecular complexity index is 1090. The largest absolute Gasteiger partial charge is 0.497 e. The predicted octanol–water partition coefficient (Wildman–Crippen LogP) is 4.51. The van der Waals surface area contributed by atoms with Crippen molar-refractivity contribution in [3.8, 4) is 5.75 Å². The normalized spacial score (nSPS) is 11.3. The van der Waals surface area contributed by atoms with E-state index in [4.69, 9.17) is 4.74 Å². The summed E-state index contributed by atoms with van der Waals surface area (Å²) in [6, 6.07) is 13.5. The molecule has 3 aromatic rings. The van der Waals surface area contributed by atoms with Crippen LogP contribution in [-0.4, -0.2) is 15.5 Å². The Morgan fingerprint density at radius 1 is 0.893 bits per heavy atom. The zero-order chi connectivity index (χ0) is 20.3. The summed E-state index contributed by atoms with van der Waals surface area (Å²) in [5.41, 5.74) is 0.186. The molecule has 0 unspecified atom stereocenters. The lowest BCUT2D eigenvalue weighted by Gasteiger charge is -2.25. The number of anilines is 1. The van der Waals surface area contributed by atoms with Gasteiger partial charge < -0.3 is 4.74 Å². The van der Waals surface area contributed by atoms with Gasteiger partial charge in [0.15, 0.2) is 0 Å². The van der Waals surface area contributed by atoms with Crippen LogP contribution < -0.4 is 9.04 Å². The van der Waals surface area contributed by atoms with Gasteiger partial charge in [-0.2, -0.15) is 0 Å². The Balaban J connectivity index is 2.10. The van der Waals surface area contributed by atoms with Crippen molar-refractivity contribution >= 4 is 15.7 Å². The molecule has 0 aromatic heterocycles. The topological polar surface area (TPSA) is 46.6 Å². The number of hydrogen-bond donors (Lipinski definition) is 0. The molecule has 0 bridgehead atoms. The molecule has 0 aliphatic carbocycles. The highest BCUT2D eigenvalue weighted by Gasteiger charge is 2.26. The van der Waals surface area contributed by atoms with Crippen LogP contribution in [0.15, 0.2) is 71.6 Å². The van der Waals surface area contributed by atoms with Crippen molar-refractivity contribution < 1.29 is 26.3 Å². The fourth-order valence-electron chi connectivity index (χ4n) is 2.62. The summed E-state index contributed by atoms with van der Waals surface area (Å²) in [6.07, 6.45) is 0. The zero-order valence-electron chi connectivity index (χ0n) is 14.8. The first-order valence-corrected chi connectivity index (χ1v) is 9.61. The maximum atomic E-state index is 14.2. The van der Waals surface area contributed by atoms with Crippen LogP contribution in [0.4, 0.5) is 18.9 Å². The van der Waals surface area contributed by atoms with Gasteiger partial charge in [-0.1, -0.05) is 12.1 Å². The second-order valence-corrected chi connectivity index (χ2v) is 7.77. The van der Waals surface area contributed by atoms with Gasteiger partial charge in [0.25, 0.3) is 10.0 Å². The van der Waals surface area contributed by atoms with Gasteiger partial charge in [0.2, 0.25) is 0 Å². The number of nitrogens with zero attached hydrogens (tertiary/aromatic N) is 1. The molecule has 0 saturated heterocycles. The molecular formula is C20H16F3NO3S. The van der Waals surface area contributed by atoms with Gasteiger partial charge in [-0.05, 0) is 48.5 Å². The van der Waals surface area contributed by atoms with Crippen LogP contribution in [0.5, 0.6) is 5.75 Å². The average molecular weight is 407 g/mol. The monoisotopic (exact) mass is 407 g/mol. The molecule has 0 saturated carbocycles. The van der Waals surface area contributed by atoms with E-state index in [1.54, 1.807) is 12.1 Å². The summed E-state index contributed by atoms with van der Waals surface area (Å²) in [7, 11) is -2.77. The van der Waals surface area contributed by atoms with Crippen LogP contribution in [0.2, 0.25) is 0 Å². The second kappa shape index (κ2) is 7.93. The predicted molar refractivity (Wildman–Crippen MR) is 99.1 cm³/mol. The van der Waals surface area contributed by atoms with E-state index in [9.17, 15) is 21.6 Å². The van der Waals surface area contributed by atoms with E-state index < -0.39 is 34.0 Å². The molecule has 8 heteroatoms. The van der Waals surface area contributed by atoms with Crippen molar-refractivity contribution in [2.75, 3.05) is 11.4 Å². The van der Waals surface area contributed by atoms with Gasteiger partial charge in [0, 0.05) is 11.6 Å². The lowest BCUT2D eigenvalue weighted by atomic mass is 10.2. The molecule has 0 amide bonds. The smallest absolute Gasteiger partial charge is 0.264 e. The fraction of sp³-hybridized carbons (Fsp3) is 0.100. The molecule has 0 atom stereocenters. The van der Waals surface area contributed by atoms with E-state index in [0.29, 0.717) is 11.8 Å². The third-order valence-corrected chi connectivity index (χ3v) is 5.84. The molecule has 0 aliphatic heterocycles. The molecule has 3 rings (SSSR count). The lowest BCUT2D eigenvalue weighted by molar-refractivity contribution is 0.415. The van der Waals surface area contributed by atoms with E-state index in [1.165, 1.54) is 37.4 Å². The first-order chi connectivity index (χ1) is 13.3. The van der Waals surface area contributed by atoms with Crippen LogP contribution in [0.25, 0.3) is 0 Å². The van der Waals surface area contributed by atoms with Crippen LogP contribution in [-0.2, 0) is 16.6 Å². The number of ether oxygens (including phenoxy) is 1. The molecule has 28 heavy (non-hydrogen) atoms. The Kier molecular flexibility index (Phi) is 5.60. The number of rotatable bonds is 6. The van der Waals surface area contributed by atoms with E-state index in [0.717, 1.165) is 22.5 Å². The highest BCUT2D eigenvalue weighted by molar-refractivity contribution is 7.92. The first kappa shape index (κ1) is 19.8. The van der Waals surface area contributed by atoms with Crippen molar-refractivity contribution in [3.63, 3.8) is 0 Å². The third-order valence-electron chi connectivity index (χ3n) is 4.07. The summed E-state index contributed by atoms with van der Waals surface area (Å²) in [6.45, 7) is -0.405. The SMILES string of the molecule is COc1ccc(N(Cc2ccc(F)cc2F)S(=O)(=O)c2cccc(F)c2)cc1. The van der Waals surface area contributed by atoms with E-state index >= 15 is 0 Å². The van der Waals surface area contributed by atoms with Crippen LogP contribution in [0.3, 0.4) is 0 Å². The number of sulfonamides is 1. The molecule has 4 nitrogen and oxygen atoms in total. The molecule has 0 aliphatic rings. The number of methoxy groups -OCH3 is 1. The molecule has 3 aromatic carbocycles. The van der Waals surface area contributed by atoms with Gasteiger partial charge in [-0.3, -0.25) is 4.31 Å². The molecule has 0 fully saturated rings.